The molecule has 7 aromatic carbocycles. The van der Waals surface area contributed by atoms with E-state index in [9.17, 15) is 0 Å². The Labute approximate surface area is 400 Å². The van der Waals surface area contributed by atoms with Gasteiger partial charge in [0.15, 0.2) is 11.3 Å². The number of benzene rings is 7. The van der Waals surface area contributed by atoms with Crippen molar-refractivity contribution in [2.45, 2.75) is 131 Å². The van der Waals surface area contributed by atoms with Gasteiger partial charge >= 0.3 is 0 Å². The second-order valence-electron chi connectivity index (χ2n) is 24.4. The third-order valence-electron chi connectivity index (χ3n) is 14.3. The number of hydrogen-bond donors (Lipinski definition) is 0. The van der Waals surface area contributed by atoms with Crippen LogP contribution in [0.5, 0.6) is 11.5 Å². The van der Waals surface area contributed by atoms with E-state index >= 15 is 0 Å². The molecule has 0 spiro atoms. The van der Waals surface area contributed by atoms with E-state index in [1.165, 1.54) is 44.4 Å². The van der Waals surface area contributed by atoms with Gasteiger partial charge in [0.1, 0.15) is 11.3 Å². The van der Waals surface area contributed by atoms with E-state index in [0.29, 0.717) is 0 Å². The molecule has 0 fully saturated rings. The van der Waals surface area contributed by atoms with Gasteiger partial charge in [-0.25, -0.2) is 0 Å². The number of furan rings is 1. The van der Waals surface area contributed by atoms with Gasteiger partial charge in [-0.3, -0.25) is 0 Å². The molecule has 0 aliphatic carbocycles. The lowest BCUT2D eigenvalue weighted by Crippen LogP contribution is -2.60. The van der Waals surface area contributed by atoms with Crippen LogP contribution in [-0.4, -0.2) is 6.71 Å². The summed E-state index contributed by atoms with van der Waals surface area (Å²) in [4.78, 5) is 4.94. The first-order valence-corrected chi connectivity index (χ1v) is 24.3. The molecule has 8 aromatic rings. The van der Waals surface area contributed by atoms with Gasteiger partial charge in [0, 0.05) is 33.8 Å². The van der Waals surface area contributed by atoms with Crippen molar-refractivity contribution in [3.8, 4) is 11.5 Å². The Balaban J connectivity index is 1.31. The van der Waals surface area contributed by atoms with Crippen LogP contribution in [0.2, 0.25) is 0 Å². The van der Waals surface area contributed by atoms with Crippen molar-refractivity contribution in [3.63, 3.8) is 0 Å². The molecular formula is C62H67BN2O2. The Kier molecular flexibility index (Phi) is 10.1. The molecular weight excluding hydrogens is 816 g/mol. The Morgan fingerprint density at radius 1 is 0.463 bits per heavy atom. The van der Waals surface area contributed by atoms with Gasteiger partial charge in [0.2, 0.25) is 0 Å². The minimum Gasteiger partial charge on any atom is -0.454 e. The zero-order valence-electron chi connectivity index (χ0n) is 42.5. The van der Waals surface area contributed by atoms with E-state index in [1.807, 2.05) is 0 Å². The van der Waals surface area contributed by atoms with Crippen LogP contribution < -0.4 is 30.9 Å². The summed E-state index contributed by atoms with van der Waals surface area (Å²) in [5.41, 5.74) is 18.0. The molecule has 67 heavy (non-hydrogen) atoms. The first-order valence-electron chi connectivity index (χ1n) is 24.3. The zero-order valence-corrected chi connectivity index (χ0v) is 42.5. The van der Waals surface area contributed by atoms with Crippen molar-refractivity contribution >= 4 is 79.2 Å². The van der Waals surface area contributed by atoms with E-state index < -0.39 is 0 Å². The van der Waals surface area contributed by atoms with Crippen molar-refractivity contribution in [1.82, 2.24) is 0 Å². The molecule has 0 N–H and O–H groups in total. The van der Waals surface area contributed by atoms with Gasteiger partial charge in [-0.15, -0.1) is 0 Å². The van der Waals surface area contributed by atoms with Gasteiger partial charge < -0.3 is 19.0 Å². The largest absolute Gasteiger partial charge is 0.454 e. The lowest BCUT2D eigenvalue weighted by molar-refractivity contribution is 0.477. The monoisotopic (exact) mass is 883 g/mol. The lowest BCUT2D eigenvalue weighted by Gasteiger charge is -2.42. The summed E-state index contributed by atoms with van der Waals surface area (Å²) < 4.78 is 14.6. The summed E-state index contributed by atoms with van der Waals surface area (Å²) in [5, 5.41) is 2.09. The molecule has 0 bridgehead atoms. The number of rotatable bonds is 4. The minimum atomic E-state index is -0.157. The Bertz CT molecular complexity index is 3150. The zero-order chi connectivity index (χ0) is 47.7. The van der Waals surface area contributed by atoms with Crippen LogP contribution in [0, 0.1) is 0 Å². The normalized spacial score (nSPS) is 14.0. The molecule has 10 rings (SSSR count). The Morgan fingerprint density at radius 2 is 0.970 bits per heavy atom. The maximum atomic E-state index is 7.48. The fraction of sp³-hybridized carbons (Fsp3) is 0.323. The quantitative estimate of drug-likeness (QED) is 0.165. The summed E-state index contributed by atoms with van der Waals surface area (Å²) in [6.45, 7) is 34.2. The number of para-hydroxylation sites is 1. The molecule has 0 saturated heterocycles. The fourth-order valence-corrected chi connectivity index (χ4v) is 10.2. The van der Waals surface area contributed by atoms with Gasteiger partial charge in [0.25, 0.3) is 6.71 Å². The summed E-state index contributed by atoms with van der Waals surface area (Å²) in [7, 11) is 0. The molecule has 0 saturated carbocycles. The second kappa shape index (κ2) is 15.2. The standard InChI is InChI=1S/C62H67BN2O2/c1-58(2,3)38-20-27-43(28-21-38)64(44-29-22-39(23-30-44)59(4,5)6)50-37-48-56(57-54(50)46-18-16-17-19-52(46)66-57)67-53-36-42(62(13,14)15)35-51-55(53)63(48)47-34-41(61(10,11)12)26-33-49(47)65(51)45-31-24-40(25-32-45)60(7,8)9/h16-37H,1-15H3. The highest BCUT2D eigenvalue weighted by atomic mass is 16.5. The van der Waals surface area contributed by atoms with E-state index in [1.54, 1.807) is 0 Å². The topological polar surface area (TPSA) is 28.9 Å². The average molecular weight is 883 g/mol. The predicted octanol–water partition coefficient (Wildman–Crippen LogP) is 15.9. The molecule has 2 aliphatic heterocycles. The average Bonchev–Trinajstić information content (AvgIpc) is 3.65. The summed E-state index contributed by atoms with van der Waals surface area (Å²) >= 11 is 0. The smallest absolute Gasteiger partial charge is 0.256 e. The summed E-state index contributed by atoms with van der Waals surface area (Å²) in [5.74, 6) is 1.66. The Morgan fingerprint density at radius 3 is 1.51 bits per heavy atom. The lowest BCUT2D eigenvalue weighted by atomic mass is 9.33. The van der Waals surface area contributed by atoms with Gasteiger partial charge in [-0.2, -0.15) is 0 Å². The number of anilines is 6. The highest BCUT2D eigenvalue weighted by Gasteiger charge is 2.45. The van der Waals surface area contributed by atoms with Crippen molar-refractivity contribution in [2.75, 3.05) is 9.80 Å². The molecule has 340 valence electrons. The molecule has 0 atom stereocenters. The first kappa shape index (κ1) is 44.6. The van der Waals surface area contributed by atoms with Crippen LogP contribution in [-0.2, 0) is 27.1 Å². The molecule has 4 nitrogen and oxygen atoms in total. The van der Waals surface area contributed by atoms with E-state index in [4.69, 9.17) is 9.15 Å². The number of fused-ring (bicyclic) bond motifs is 8. The van der Waals surface area contributed by atoms with E-state index in [2.05, 4.69) is 247 Å². The first-order chi connectivity index (χ1) is 31.4. The molecule has 0 radical (unpaired) electrons. The SMILES string of the molecule is CC(C)(C)c1ccc(N2c3ccc(C(C)(C)C)cc3B3c4cc(N(c5ccc(C(C)(C)C)cc5)c5ccc(C(C)(C)C)cc5)c5c(oc6ccccc65)c4Oc4cc(C(C)(C)C)cc2c43)cc1. The Hall–Kier alpha value is -6.20. The van der Waals surface area contributed by atoms with Crippen LogP contribution in [0.15, 0.2) is 138 Å². The molecule has 5 heteroatoms. The molecule has 1 aromatic heterocycles. The van der Waals surface area contributed by atoms with Crippen LogP contribution >= 0.6 is 0 Å². The van der Waals surface area contributed by atoms with Crippen LogP contribution in [0.4, 0.5) is 34.1 Å². The summed E-state index contributed by atoms with van der Waals surface area (Å²) in [6, 6.07) is 50.4. The number of hydrogen-bond acceptors (Lipinski definition) is 4. The molecule has 2 aliphatic rings. The molecule has 0 unspecified atom stereocenters. The van der Waals surface area contributed by atoms with Crippen molar-refractivity contribution < 1.29 is 9.15 Å². The van der Waals surface area contributed by atoms with Gasteiger partial charge in [-0.05, 0) is 138 Å². The number of ether oxygens (including phenoxy) is 1. The van der Waals surface area contributed by atoms with E-state index in [0.717, 1.165) is 67.3 Å². The third-order valence-corrected chi connectivity index (χ3v) is 14.3. The van der Waals surface area contributed by atoms with Crippen LogP contribution in [0.3, 0.4) is 0 Å². The second-order valence-corrected chi connectivity index (χ2v) is 24.4. The minimum absolute atomic E-state index is 0.00957. The van der Waals surface area contributed by atoms with Crippen molar-refractivity contribution in [3.05, 3.63) is 161 Å². The number of nitrogens with zero attached hydrogens (tertiary/aromatic N) is 2. The fourth-order valence-electron chi connectivity index (χ4n) is 10.2. The molecule has 0 amide bonds. The highest BCUT2D eigenvalue weighted by Crippen LogP contribution is 2.50. The third kappa shape index (κ3) is 7.63. The van der Waals surface area contributed by atoms with Crippen molar-refractivity contribution in [1.29, 1.82) is 0 Å². The summed E-state index contributed by atoms with van der Waals surface area (Å²) in [6.07, 6.45) is 0. The van der Waals surface area contributed by atoms with E-state index in [-0.39, 0.29) is 33.8 Å². The van der Waals surface area contributed by atoms with Crippen LogP contribution in [0.25, 0.3) is 21.9 Å². The maximum absolute atomic E-state index is 7.48. The molecule has 3 heterocycles. The van der Waals surface area contributed by atoms with Gasteiger partial charge in [0.05, 0.1) is 11.1 Å². The maximum Gasteiger partial charge on any atom is 0.256 e. The van der Waals surface area contributed by atoms with Crippen LogP contribution in [0.1, 0.15) is 132 Å². The van der Waals surface area contributed by atoms with Crippen molar-refractivity contribution in [2.24, 2.45) is 0 Å². The highest BCUT2D eigenvalue weighted by molar-refractivity contribution is 6.99. The predicted molar refractivity (Wildman–Crippen MR) is 288 cm³/mol. The van der Waals surface area contributed by atoms with Gasteiger partial charge in [-0.1, -0.05) is 171 Å².